The minimum Gasteiger partial charge on any atom is -0.506 e. The average molecular weight is 269 g/mol. The topological polar surface area (TPSA) is 40.5 Å². The zero-order valence-electron chi connectivity index (χ0n) is 11.7. The van der Waals surface area contributed by atoms with E-state index < -0.39 is 0 Å². The molecule has 2 aromatic rings. The summed E-state index contributed by atoms with van der Waals surface area (Å²) in [5.74, 6) is 0.0121. The second kappa shape index (κ2) is 5.16. The van der Waals surface area contributed by atoms with Crippen LogP contribution in [0.1, 0.15) is 36.0 Å². The number of aromatic hydroxyl groups is 1. The molecule has 3 nitrogen and oxygen atoms in total. The summed E-state index contributed by atoms with van der Waals surface area (Å²) in [6.07, 6.45) is 4.51. The van der Waals surface area contributed by atoms with E-state index in [1.165, 1.54) is 12.8 Å². The van der Waals surface area contributed by atoms with Crippen molar-refractivity contribution in [2.24, 2.45) is 0 Å². The van der Waals surface area contributed by atoms with Crippen LogP contribution in [0.4, 0.5) is 0 Å². The van der Waals surface area contributed by atoms with E-state index in [1.54, 1.807) is 11.0 Å². The molecule has 3 rings (SSSR count). The first-order valence-electron chi connectivity index (χ1n) is 7.16. The van der Waals surface area contributed by atoms with Crippen LogP contribution in [0.3, 0.4) is 0 Å². The minimum absolute atomic E-state index is 0.0832. The molecule has 3 heteroatoms. The Kier molecular flexibility index (Phi) is 3.35. The number of benzene rings is 2. The third kappa shape index (κ3) is 2.13. The smallest absolute Gasteiger partial charge is 0.257 e. The fraction of sp³-hybridized carbons (Fsp3) is 0.353. The fourth-order valence-electron chi connectivity index (χ4n) is 3.08. The first-order valence-corrected chi connectivity index (χ1v) is 7.16. The third-order valence-corrected chi connectivity index (χ3v) is 4.32. The van der Waals surface area contributed by atoms with Crippen LogP contribution in [0.5, 0.6) is 5.75 Å². The molecule has 104 valence electrons. The molecule has 0 radical (unpaired) electrons. The molecule has 0 bridgehead atoms. The third-order valence-electron chi connectivity index (χ3n) is 4.32. The quantitative estimate of drug-likeness (QED) is 0.905. The fourth-order valence-corrected chi connectivity index (χ4v) is 3.08. The first-order chi connectivity index (χ1) is 9.68. The molecule has 2 aromatic carbocycles. The number of hydrogen-bond donors (Lipinski definition) is 1. The molecule has 0 unspecified atom stereocenters. The first kappa shape index (κ1) is 13.0. The van der Waals surface area contributed by atoms with Crippen LogP contribution in [-0.2, 0) is 0 Å². The van der Waals surface area contributed by atoms with Gasteiger partial charge in [-0.25, -0.2) is 0 Å². The molecule has 1 fully saturated rings. The Bertz CT molecular complexity index is 644. The van der Waals surface area contributed by atoms with Gasteiger partial charge in [0.15, 0.2) is 0 Å². The van der Waals surface area contributed by atoms with Crippen molar-refractivity contribution in [3.8, 4) is 5.75 Å². The Morgan fingerprint density at radius 3 is 2.60 bits per heavy atom. The van der Waals surface area contributed by atoms with Crippen molar-refractivity contribution in [2.75, 3.05) is 7.05 Å². The highest BCUT2D eigenvalue weighted by Crippen LogP contribution is 2.31. The number of nitrogens with zero attached hydrogens (tertiary/aromatic N) is 1. The minimum atomic E-state index is -0.0832. The van der Waals surface area contributed by atoms with Crippen molar-refractivity contribution >= 4 is 16.7 Å². The van der Waals surface area contributed by atoms with Crippen LogP contribution in [0.25, 0.3) is 10.8 Å². The van der Waals surface area contributed by atoms with Crippen molar-refractivity contribution < 1.29 is 9.90 Å². The molecule has 1 N–H and O–H groups in total. The van der Waals surface area contributed by atoms with E-state index in [-0.39, 0.29) is 11.7 Å². The molecule has 0 spiro atoms. The van der Waals surface area contributed by atoms with Gasteiger partial charge in [-0.15, -0.1) is 0 Å². The summed E-state index contributed by atoms with van der Waals surface area (Å²) in [7, 11) is 1.84. The van der Waals surface area contributed by atoms with E-state index in [9.17, 15) is 9.90 Å². The van der Waals surface area contributed by atoms with Gasteiger partial charge in [0.05, 0.1) is 5.56 Å². The van der Waals surface area contributed by atoms with Crippen LogP contribution in [0, 0.1) is 0 Å². The van der Waals surface area contributed by atoms with Gasteiger partial charge in [0.25, 0.3) is 5.91 Å². The van der Waals surface area contributed by atoms with Crippen molar-refractivity contribution in [3.05, 3.63) is 42.0 Å². The number of amides is 1. The predicted molar refractivity (Wildman–Crippen MR) is 80.0 cm³/mol. The predicted octanol–water partition coefficient (Wildman–Crippen LogP) is 3.56. The summed E-state index contributed by atoms with van der Waals surface area (Å²) in [6, 6.07) is 11.5. The molecule has 1 amide bonds. The van der Waals surface area contributed by atoms with Crippen LogP contribution >= 0.6 is 0 Å². The van der Waals surface area contributed by atoms with Gasteiger partial charge in [0.1, 0.15) is 5.75 Å². The van der Waals surface area contributed by atoms with E-state index in [1.807, 2.05) is 37.4 Å². The Morgan fingerprint density at radius 2 is 1.85 bits per heavy atom. The molecule has 20 heavy (non-hydrogen) atoms. The lowest BCUT2D eigenvalue weighted by Crippen LogP contribution is -2.35. The van der Waals surface area contributed by atoms with Crippen LogP contribution in [-0.4, -0.2) is 29.0 Å². The summed E-state index contributed by atoms with van der Waals surface area (Å²) in [5, 5.41) is 12.0. The summed E-state index contributed by atoms with van der Waals surface area (Å²) in [5.41, 5.74) is 0.401. The number of carbonyl (C=O) groups is 1. The zero-order valence-corrected chi connectivity index (χ0v) is 11.7. The molecule has 0 heterocycles. The maximum atomic E-state index is 12.6. The Labute approximate surface area is 118 Å². The lowest BCUT2D eigenvalue weighted by atomic mass is 10.0. The Morgan fingerprint density at radius 1 is 1.15 bits per heavy atom. The molecular weight excluding hydrogens is 250 g/mol. The summed E-state index contributed by atoms with van der Waals surface area (Å²) in [4.78, 5) is 14.4. The van der Waals surface area contributed by atoms with Gasteiger partial charge in [-0.3, -0.25) is 4.79 Å². The monoisotopic (exact) mass is 269 g/mol. The second-order valence-corrected chi connectivity index (χ2v) is 5.54. The van der Waals surface area contributed by atoms with E-state index >= 15 is 0 Å². The van der Waals surface area contributed by atoms with Gasteiger partial charge in [-0.2, -0.15) is 0 Å². The largest absolute Gasteiger partial charge is 0.506 e. The highest BCUT2D eigenvalue weighted by molar-refractivity contribution is 6.03. The number of carbonyl (C=O) groups excluding carboxylic acids is 1. The van der Waals surface area contributed by atoms with E-state index in [2.05, 4.69) is 0 Å². The number of phenolic OH excluding ortho intramolecular Hbond substituents is 1. The van der Waals surface area contributed by atoms with Gasteiger partial charge >= 0.3 is 0 Å². The molecule has 1 saturated carbocycles. The SMILES string of the molecule is CN(C(=O)c1ccc2ccccc2c1O)C1CCCC1. The lowest BCUT2D eigenvalue weighted by molar-refractivity contribution is 0.0732. The standard InChI is InChI=1S/C17H19NO2/c1-18(13-7-3-4-8-13)17(20)15-11-10-12-6-2-5-9-14(12)16(15)19/h2,5-6,9-11,13,19H,3-4,7-8H2,1H3. The number of fused-ring (bicyclic) bond motifs is 1. The summed E-state index contributed by atoms with van der Waals surface area (Å²) in [6.45, 7) is 0. The zero-order chi connectivity index (χ0) is 14.1. The molecule has 1 aliphatic carbocycles. The lowest BCUT2D eigenvalue weighted by Gasteiger charge is -2.24. The maximum Gasteiger partial charge on any atom is 0.257 e. The van der Waals surface area contributed by atoms with E-state index in [0.29, 0.717) is 11.6 Å². The van der Waals surface area contributed by atoms with Gasteiger partial charge in [0.2, 0.25) is 0 Å². The van der Waals surface area contributed by atoms with Crippen molar-refractivity contribution in [1.29, 1.82) is 0 Å². The molecule has 0 aromatic heterocycles. The molecular formula is C17H19NO2. The molecule has 0 atom stereocenters. The number of rotatable bonds is 2. The van der Waals surface area contributed by atoms with E-state index in [0.717, 1.165) is 23.6 Å². The Balaban J connectivity index is 1.97. The normalized spacial score (nSPS) is 15.7. The number of hydrogen-bond acceptors (Lipinski definition) is 2. The highest BCUT2D eigenvalue weighted by atomic mass is 16.3. The van der Waals surface area contributed by atoms with Gasteiger partial charge in [0, 0.05) is 18.5 Å². The van der Waals surface area contributed by atoms with Crippen LogP contribution in [0.15, 0.2) is 36.4 Å². The summed E-state index contributed by atoms with van der Waals surface area (Å²) >= 11 is 0. The molecule has 0 saturated heterocycles. The second-order valence-electron chi connectivity index (χ2n) is 5.54. The van der Waals surface area contributed by atoms with Crippen LogP contribution in [0.2, 0.25) is 0 Å². The maximum absolute atomic E-state index is 12.6. The van der Waals surface area contributed by atoms with E-state index in [4.69, 9.17) is 0 Å². The van der Waals surface area contributed by atoms with Gasteiger partial charge in [-0.1, -0.05) is 43.2 Å². The van der Waals surface area contributed by atoms with Crippen molar-refractivity contribution in [1.82, 2.24) is 4.90 Å². The molecule has 0 aliphatic heterocycles. The Hall–Kier alpha value is -2.03. The van der Waals surface area contributed by atoms with Crippen molar-refractivity contribution in [3.63, 3.8) is 0 Å². The number of phenols is 1. The summed E-state index contributed by atoms with van der Waals surface area (Å²) < 4.78 is 0. The van der Waals surface area contributed by atoms with Crippen molar-refractivity contribution in [2.45, 2.75) is 31.7 Å². The highest BCUT2D eigenvalue weighted by Gasteiger charge is 2.26. The van der Waals surface area contributed by atoms with Crippen LogP contribution < -0.4 is 0 Å². The molecule has 1 aliphatic rings. The van der Waals surface area contributed by atoms with Gasteiger partial charge in [-0.05, 0) is 24.3 Å². The van der Waals surface area contributed by atoms with Gasteiger partial charge < -0.3 is 10.0 Å². The average Bonchev–Trinajstić information content (AvgIpc) is 3.01.